The largest absolute Gasteiger partial charge is 0.355 e. The van der Waals surface area contributed by atoms with Crippen LogP contribution in [0.25, 0.3) is 0 Å². The lowest BCUT2D eigenvalue weighted by molar-refractivity contribution is -0.123. The Balaban J connectivity index is 1.78. The minimum atomic E-state index is -0.866. The van der Waals surface area contributed by atoms with E-state index in [1.54, 1.807) is 24.0 Å². The van der Waals surface area contributed by atoms with Gasteiger partial charge in [-0.3, -0.25) is 14.5 Å². The zero-order valence-electron chi connectivity index (χ0n) is 15.5. The fraction of sp³-hybridized carbons (Fsp3) is 0.300. The lowest BCUT2D eigenvalue weighted by Gasteiger charge is -2.19. The third-order valence-corrected chi connectivity index (χ3v) is 4.06. The SMILES string of the molecule is CCN(CC(=O)NCCc1ccc(F)cc1)CC(=O)Nc1c(F)cccc1F. The topological polar surface area (TPSA) is 61.4 Å². The molecule has 0 bridgehead atoms. The van der Waals surface area contributed by atoms with Crippen LogP contribution in [0.2, 0.25) is 0 Å². The molecule has 28 heavy (non-hydrogen) atoms. The second-order valence-corrected chi connectivity index (χ2v) is 6.17. The molecule has 0 spiro atoms. The van der Waals surface area contributed by atoms with Crippen LogP contribution in [-0.4, -0.2) is 42.9 Å². The predicted molar refractivity (Wildman–Crippen MR) is 100 cm³/mol. The van der Waals surface area contributed by atoms with Crippen LogP contribution in [0.5, 0.6) is 0 Å². The number of anilines is 1. The van der Waals surface area contributed by atoms with Crippen molar-refractivity contribution in [3.8, 4) is 0 Å². The van der Waals surface area contributed by atoms with Crippen molar-refractivity contribution in [3.05, 3.63) is 65.5 Å². The highest BCUT2D eigenvalue weighted by atomic mass is 19.1. The van der Waals surface area contributed by atoms with Gasteiger partial charge in [0.15, 0.2) is 0 Å². The molecule has 5 nitrogen and oxygen atoms in total. The number of carbonyl (C=O) groups is 2. The Kier molecular flexibility index (Phi) is 8.01. The number of para-hydroxylation sites is 1. The van der Waals surface area contributed by atoms with Crippen LogP contribution in [0.4, 0.5) is 18.9 Å². The molecule has 0 fully saturated rings. The van der Waals surface area contributed by atoms with Gasteiger partial charge >= 0.3 is 0 Å². The molecule has 0 heterocycles. The van der Waals surface area contributed by atoms with Gasteiger partial charge in [-0.05, 0) is 42.8 Å². The van der Waals surface area contributed by atoms with Gasteiger partial charge in [-0.15, -0.1) is 0 Å². The van der Waals surface area contributed by atoms with Gasteiger partial charge in [0.1, 0.15) is 23.1 Å². The third-order valence-electron chi connectivity index (χ3n) is 4.06. The van der Waals surface area contributed by atoms with Crippen molar-refractivity contribution < 1.29 is 22.8 Å². The van der Waals surface area contributed by atoms with Gasteiger partial charge < -0.3 is 10.6 Å². The van der Waals surface area contributed by atoms with E-state index in [0.717, 1.165) is 17.7 Å². The first-order valence-electron chi connectivity index (χ1n) is 8.86. The van der Waals surface area contributed by atoms with E-state index >= 15 is 0 Å². The fourth-order valence-electron chi connectivity index (χ4n) is 2.54. The quantitative estimate of drug-likeness (QED) is 0.689. The molecule has 150 valence electrons. The minimum Gasteiger partial charge on any atom is -0.355 e. The molecule has 0 aliphatic rings. The lowest BCUT2D eigenvalue weighted by atomic mass is 10.1. The molecule has 0 aliphatic carbocycles. The van der Waals surface area contributed by atoms with Gasteiger partial charge in [-0.1, -0.05) is 25.1 Å². The van der Waals surface area contributed by atoms with Crippen molar-refractivity contribution in [2.24, 2.45) is 0 Å². The molecule has 0 atom stereocenters. The molecule has 0 unspecified atom stereocenters. The molecule has 2 rings (SSSR count). The Labute approximate surface area is 161 Å². The van der Waals surface area contributed by atoms with Crippen molar-refractivity contribution in [2.45, 2.75) is 13.3 Å². The maximum atomic E-state index is 13.6. The zero-order valence-corrected chi connectivity index (χ0v) is 15.5. The van der Waals surface area contributed by atoms with E-state index < -0.39 is 23.2 Å². The number of carbonyl (C=O) groups excluding carboxylic acids is 2. The molecule has 8 heteroatoms. The monoisotopic (exact) mass is 393 g/mol. The molecule has 0 saturated carbocycles. The first-order valence-corrected chi connectivity index (χ1v) is 8.86. The maximum absolute atomic E-state index is 13.6. The summed E-state index contributed by atoms with van der Waals surface area (Å²) >= 11 is 0. The van der Waals surface area contributed by atoms with Gasteiger partial charge in [0.2, 0.25) is 11.8 Å². The molecular weight excluding hydrogens is 371 g/mol. The van der Waals surface area contributed by atoms with Crippen LogP contribution in [0.15, 0.2) is 42.5 Å². The second-order valence-electron chi connectivity index (χ2n) is 6.17. The van der Waals surface area contributed by atoms with E-state index in [0.29, 0.717) is 19.5 Å². The fourth-order valence-corrected chi connectivity index (χ4v) is 2.54. The van der Waals surface area contributed by atoms with Crippen LogP contribution in [0.1, 0.15) is 12.5 Å². The molecule has 0 saturated heterocycles. The number of nitrogens with zero attached hydrogens (tertiary/aromatic N) is 1. The number of rotatable bonds is 9. The molecule has 0 aliphatic heterocycles. The number of hydrogen-bond donors (Lipinski definition) is 2. The Morgan fingerprint density at radius 1 is 0.929 bits per heavy atom. The lowest BCUT2D eigenvalue weighted by Crippen LogP contribution is -2.41. The Hall–Kier alpha value is -2.87. The maximum Gasteiger partial charge on any atom is 0.238 e. The van der Waals surface area contributed by atoms with E-state index in [4.69, 9.17) is 0 Å². The average molecular weight is 393 g/mol. The van der Waals surface area contributed by atoms with Gasteiger partial charge in [0.05, 0.1) is 13.1 Å². The van der Waals surface area contributed by atoms with Crippen molar-refractivity contribution in [1.82, 2.24) is 10.2 Å². The molecule has 0 radical (unpaired) electrons. The average Bonchev–Trinajstić information content (AvgIpc) is 2.66. The summed E-state index contributed by atoms with van der Waals surface area (Å²) in [6.07, 6.45) is 0.547. The summed E-state index contributed by atoms with van der Waals surface area (Å²) in [5, 5.41) is 4.92. The molecule has 2 aromatic carbocycles. The summed E-state index contributed by atoms with van der Waals surface area (Å²) in [5.41, 5.74) is 0.382. The van der Waals surface area contributed by atoms with Gasteiger partial charge in [0, 0.05) is 6.54 Å². The van der Waals surface area contributed by atoms with Gasteiger partial charge in [0.25, 0.3) is 0 Å². The number of halogens is 3. The summed E-state index contributed by atoms with van der Waals surface area (Å²) in [5.74, 6) is -2.96. The molecule has 2 amide bonds. The molecule has 2 aromatic rings. The van der Waals surface area contributed by atoms with E-state index in [2.05, 4.69) is 10.6 Å². The van der Waals surface area contributed by atoms with Crippen LogP contribution in [0, 0.1) is 17.5 Å². The van der Waals surface area contributed by atoms with Crippen LogP contribution in [-0.2, 0) is 16.0 Å². The summed E-state index contributed by atoms with van der Waals surface area (Å²) in [7, 11) is 0. The summed E-state index contributed by atoms with van der Waals surface area (Å²) in [6.45, 7) is 2.32. The highest BCUT2D eigenvalue weighted by Gasteiger charge is 2.16. The third kappa shape index (κ3) is 6.70. The van der Waals surface area contributed by atoms with Crippen molar-refractivity contribution in [1.29, 1.82) is 0 Å². The predicted octanol–water partition coefficient (Wildman–Crippen LogP) is 2.72. The van der Waals surface area contributed by atoms with E-state index in [9.17, 15) is 22.8 Å². The van der Waals surface area contributed by atoms with Crippen molar-refractivity contribution >= 4 is 17.5 Å². The van der Waals surface area contributed by atoms with E-state index in [-0.39, 0.29) is 24.8 Å². The number of hydrogen-bond acceptors (Lipinski definition) is 3. The highest BCUT2D eigenvalue weighted by Crippen LogP contribution is 2.17. The smallest absolute Gasteiger partial charge is 0.238 e. The number of nitrogens with one attached hydrogen (secondary N) is 2. The number of benzene rings is 2. The van der Waals surface area contributed by atoms with Crippen molar-refractivity contribution in [3.63, 3.8) is 0 Å². The highest BCUT2D eigenvalue weighted by molar-refractivity contribution is 5.92. The van der Waals surface area contributed by atoms with Crippen LogP contribution < -0.4 is 10.6 Å². The summed E-state index contributed by atoms with van der Waals surface area (Å²) in [6, 6.07) is 9.29. The standard InChI is InChI=1S/C20H22F3N3O2/c1-2-26(13-19(28)25-20-16(22)4-3-5-17(20)23)12-18(27)24-11-10-14-6-8-15(21)9-7-14/h3-9H,2,10-13H2,1H3,(H,24,27)(H,25,28). The van der Waals surface area contributed by atoms with Gasteiger partial charge in [-0.2, -0.15) is 0 Å². The minimum absolute atomic E-state index is 0.0346. The summed E-state index contributed by atoms with van der Waals surface area (Å²) in [4.78, 5) is 25.6. The van der Waals surface area contributed by atoms with Crippen molar-refractivity contribution in [2.75, 3.05) is 31.5 Å². The first kappa shape index (κ1) is 21.4. The molecule has 2 N–H and O–H groups in total. The molecule has 0 aromatic heterocycles. The number of likely N-dealkylation sites (N-methyl/N-ethyl adjacent to an activating group) is 1. The summed E-state index contributed by atoms with van der Waals surface area (Å²) < 4.78 is 40.0. The molecular formula is C20H22F3N3O2. The Morgan fingerprint density at radius 2 is 1.54 bits per heavy atom. The zero-order chi connectivity index (χ0) is 20.5. The Morgan fingerprint density at radius 3 is 2.14 bits per heavy atom. The van der Waals surface area contributed by atoms with E-state index in [1.165, 1.54) is 18.2 Å². The normalized spacial score (nSPS) is 10.8. The first-order chi connectivity index (χ1) is 13.4. The van der Waals surface area contributed by atoms with E-state index in [1.807, 2.05) is 0 Å². The van der Waals surface area contributed by atoms with Crippen LogP contribution in [0.3, 0.4) is 0 Å². The Bertz CT molecular complexity index is 793. The van der Waals surface area contributed by atoms with Crippen LogP contribution >= 0.6 is 0 Å². The van der Waals surface area contributed by atoms with Gasteiger partial charge in [-0.25, -0.2) is 13.2 Å². The second kappa shape index (κ2) is 10.5. The number of amides is 2.